The quantitative estimate of drug-likeness (QED) is 0.749. The van der Waals surface area contributed by atoms with Crippen LogP contribution in [-0.4, -0.2) is 18.4 Å². The fraction of sp³-hybridized carbons (Fsp3) is 0.250. The van der Waals surface area contributed by atoms with Crippen LogP contribution in [0.2, 0.25) is 0 Å². The van der Waals surface area contributed by atoms with E-state index in [2.05, 4.69) is 4.74 Å². The molecule has 0 aliphatic rings. The van der Waals surface area contributed by atoms with E-state index in [0.29, 0.717) is 6.29 Å². The van der Waals surface area contributed by atoms with Crippen LogP contribution < -0.4 is 10.3 Å². The lowest BCUT2D eigenvalue weighted by atomic mass is 10.2. The predicted octanol–water partition coefficient (Wildman–Crippen LogP) is 1.13. The summed E-state index contributed by atoms with van der Waals surface area (Å²) in [5, 5.41) is 0. The number of hydrogen-bond donors (Lipinski definition) is 1. The van der Waals surface area contributed by atoms with Crippen molar-refractivity contribution in [1.82, 2.24) is 4.98 Å². The van der Waals surface area contributed by atoms with Crippen molar-refractivity contribution >= 4 is 6.29 Å². The fourth-order valence-electron chi connectivity index (χ4n) is 1.00. The second-order valence-electron chi connectivity index (χ2n) is 2.45. The zero-order chi connectivity index (χ0) is 10.7. The van der Waals surface area contributed by atoms with Crippen LogP contribution in [0.3, 0.4) is 0 Å². The summed E-state index contributed by atoms with van der Waals surface area (Å²) in [4.78, 5) is 23.3. The second kappa shape index (κ2) is 3.99. The number of aromatic amines is 1. The molecule has 1 N–H and O–H groups in total. The lowest BCUT2D eigenvalue weighted by Gasteiger charge is -2.06. The van der Waals surface area contributed by atoms with Crippen LogP contribution in [0, 0.1) is 0 Å². The Hall–Kier alpha value is -1.72. The molecule has 0 amide bonds. The molecule has 0 bridgehead atoms. The molecule has 0 fully saturated rings. The maximum absolute atomic E-state index is 12.3. The molecule has 1 aromatic heterocycles. The van der Waals surface area contributed by atoms with E-state index in [4.69, 9.17) is 0 Å². The summed E-state index contributed by atoms with van der Waals surface area (Å²) in [6.45, 7) is 0. The van der Waals surface area contributed by atoms with Gasteiger partial charge in [-0.05, 0) is 0 Å². The van der Waals surface area contributed by atoms with Crippen LogP contribution in [0.5, 0.6) is 5.75 Å². The Labute approximate surface area is 77.5 Å². The third kappa shape index (κ3) is 1.78. The van der Waals surface area contributed by atoms with Gasteiger partial charge in [0, 0.05) is 6.07 Å². The first-order valence-electron chi connectivity index (χ1n) is 3.64. The average Bonchev–Trinajstić information content (AvgIpc) is 2.15. The van der Waals surface area contributed by atoms with E-state index in [1.165, 1.54) is 0 Å². The second-order valence-corrected chi connectivity index (χ2v) is 2.45. The molecule has 0 radical (unpaired) electrons. The number of hydrogen-bond acceptors (Lipinski definition) is 3. The third-order valence-electron chi connectivity index (χ3n) is 1.62. The third-order valence-corrected chi connectivity index (χ3v) is 1.62. The first-order chi connectivity index (χ1) is 6.60. The van der Waals surface area contributed by atoms with Crippen molar-refractivity contribution in [2.24, 2.45) is 0 Å². The van der Waals surface area contributed by atoms with Gasteiger partial charge >= 0.3 is 0 Å². The number of ether oxygens (including phenoxy) is 1. The number of carbonyl (C=O) groups is 1. The first kappa shape index (κ1) is 10.4. The van der Waals surface area contributed by atoms with Gasteiger partial charge in [-0.1, -0.05) is 0 Å². The van der Waals surface area contributed by atoms with Crippen molar-refractivity contribution in [2.45, 2.75) is 6.43 Å². The molecule has 6 heteroatoms. The normalized spacial score (nSPS) is 10.3. The summed E-state index contributed by atoms with van der Waals surface area (Å²) in [5.41, 5.74) is -1.88. The molecule has 0 saturated carbocycles. The minimum Gasteiger partial charge on any atom is -0.496 e. The number of methoxy groups -OCH3 is 1. The zero-order valence-corrected chi connectivity index (χ0v) is 7.21. The largest absolute Gasteiger partial charge is 0.496 e. The fourth-order valence-corrected chi connectivity index (χ4v) is 1.00. The van der Waals surface area contributed by atoms with Crippen LogP contribution in [-0.2, 0) is 0 Å². The summed E-state index contributed by atoms with van der Waals surface area (Å²) in [6.07, 6.45) is -2.59. The number of pyridine rings is 1. The Kier molecular flexibility index (Phi) is 2.95. The van der Waals surface area contributed by atoms with Crippen molar-refractivity contribution < 1.29 is 18.3 Å². The van der Waals surface area contributed by atoms with Gasteiger partial charge in [-0.15, -0.1) is 0 Å². The Morgan fingerprint density at radius 2 is 2.21 bits per heavy atom. The van der Waals surface area contributed by atoms with Crippen LogP contribution in [0.15, 0.2) is 10.9 Å². The van der Waals surface area contributed by atoms with E-state index < -0.39 is 17.5 Å². The molecular weight excluding hydrogens is 196 g/mol. The minimum atomic E-state index is -2.94. The lowest BCUT2D eigenvalue weighted by Crippen LogP contribution is -2.16. The van der Waals surface area contributed by atoms with Gasteiger partial charge in [0.25, 0.3) is 12.0 Å². The van der Waals surface area contributed by atoms with Gasteiger partial charge in [0.1, 0.15) is 11.3 Å². The van der Waals surface area contributed by atoms with E-state index >= 15 is 0 Å². The maximum atomic E-state index is 12.3. The molecule has 14 heavy (non-hydrogen) atoms. The number of carbonyl (C=O) groups excluding carboxylic acids is 1. The van der Waals surface area contributed by atoms with Crippen molar-refractivity contribution in [3.05, 3.63) is 27.7 Å². The van der Waals surface area contributed by atoms with Crippen LogP contribution in [0.1, 0.15) is 22.5 Å². The topological polar surface area (TPSA) is 59.2 Å². The first-order valence-corrected chi connectivity index (χ1v) is 3.64. The van der Waals surface area contributed by atoms with Gasteiger partial charge in [0.15, 0.2) is 6.29 Å². The zero-order valence-electron chi connectivity index (χ0n) is 7.21. The molecule has 0 spiro atoms. The molecule has 4 nitrogen and oxygen atoms in total. The van der Waals surface area contributed by atoms with Gasteiger partial charge in [-0.3, -0.25) is 9.59 Å². The van der Waals surface area contributed by atoms with E-state index in [1.807, 2.05) is 4.98 Å². The molecule has 0 unspecified atom stereocenters. The highest BCUT2D eigenvalue weighted by molar-refractivity contribution is 5.72. The van der Waals surface area contributed by atoms with Crippen molar-refractivity contribution in [1.29, 1.82) is 0 Å². The highest BCUT2D eigenvalue weighted by Gasteiger charge is 2.19. The standard InChI is InChI=1S/C8H7F2NO3/c1-14-5-2-4(3-12)11-8(13)6(5)7(9)10/h2-3,7H,1H3,(H,11,13). The summed E-state index contributed by atoms with van der Waals surface area (Å²) >= 11 is 0. The van der Waals surface area contributed by atoms with E-state index in [-0.39, 0.29) is 11.4 Å². The van der Waals surface area contributed by atoms with Gasteiger partial charge < -0.3 is 9.72 Å². The molecule has 1 aromatic rings. The van der Waals surface area contributed by atoms with Gasteiger partial charge in [0.05, 0.1) is 12.8 Å². The van der Waals surface area contributed by atoms with Crippen LogP contribution in [0.25, 0.3) is 0 Å². The minimum absolute atomic E-state index is 0.101. The predicted molar refractivity (Wildman–Crippen MR) is 44.0 cm³/mol. The van der Waals surface area contributed by atoms with Crippen molar-refractivity contribution in [2.75, 3.05) is 7.11 Å². The number of aromatic nitrogens is 1. The molecular formula is C8H7F2NO3. The highest BCUT2D eigenvalue weighted by atomic mass is 19.3. The lowest BCUT2D eigenvalue weighted by molar-refractivity contribution is 0.111. The van der Waals surface area contributed by atoms with E-state index in [1.54, 1.807) is 0 Å². The smallest absolute Gasteiger partial charge is 0.272 e. The summed E-state index contributed by atoms with van der Waals surface area (Å²) in [6, 6.07) is 1.05. The van der Waals surface area contributed by atoms with E-state index in [9.17, 15) is 18.4 Å². The van der Waals surface area contributed by atoms with Crippen molar-refractivity contribution in [3.8, 4) is 5.75 Å². The molecule has 76 valence electrons. The van der Waals surface area contributed by atoms with Gasteiger partial charge in [0.2, 0.25) is 0 Å². The maximum Gasteiger partial charge on any atom is 0.272 e. The number of rotatable bonds is 3. The summed E-state index contributed by atoms with van der Waals surface area (Å²) in [7, 11) is 1.15. The molecule has 0 aromatic carbocycles. The number of alkyl halides is 2. The molecule has 1 rings (SSSR count). The Morgan fingerprint density at radius 3 is 2.64 bits per heavy atom. The Bertz CT molecular complexity index is 400. The SMILES string of the molecule is COc1cc(C=O)[nH]c(=O)c1C(F)F. The van der Waals surface area contributed by atoms with Crippen molar-refractivity contribution in [3.63, 3.8) is 0 Å². The Morgan fingerprint density at radius 1 is 1.57 bits per heavy atom. The van der Waals surface area contributed by atoms with E-state index in [0.717, 1.165) is 13.2 Å². The summed E-state index contributed by atoms with van der Waals surface area (Å²) < 4.78 is 29.2. The number of nitrogens with one attached hydrogen (secondary N) is 1. The molecule has 0 aliphatic heterocycles. The van der Waals surface area contributed by atoms with Gasteiger partial charge in [-0.2, -0.15) is 0 Å². The number of H-pyrrole nitrogens is 1. The number of aldehydes is 1. The average molecular weight is 203 g/mol. The van der Waals surface area contributed by atoms with Gasteiger partial charge in [-0.25, -0.2) is 8.78 Å². The Balaban J connectivity index is 3.42. The molecule has 0 aliphatic carbocycles. The monoisotopic (exact) mass is 203 g/mol. The number of halogens is 2. The highest BCUT2D eigenvalue weighted by Crippen LogP contribution is 2.24. The summed E-state index contributed by atoms with van der Waals surface area (Å²) in [5.74, 6) is -0.286. The van der Waals surface area contributed by atoms with Crippen LogP contribution >= 0.6 is 0 Å². The molecule has 0 atom stereocenters. The molecule has 1 heterocycles. The van der Waals surface area contributed by atoms with Crippen LogP contribution in [0.4, 0.5) is 8.78 Å². The molecule has 0 saturated heterocycles.